The second kappa shape index (κ2) is 8.02. The van der Waals surface area contributed by atoms with Gasteiger partial charge in [0.1, 0.15) is 6.10 Å². The summed E-state index contributed by atoms with van der Waals surface area (Å²) in [5, 5.41) is 42.8. The van der Waals surface area contributed by atoms with Crippen LogP contribution in [0.25, 0.3) is 0 Å². The fourth-order valence-corrected chi connectivity index (χ4v) is 10.2. The molecule has 4 N–H and O–H groups in total. The van der Waals surface area contributed by atoms with Gasteiger partial charge in [-0.1, -0.05) is 46.3 Å². The standard InChI is InChI=1S/C30H50O5/c1-26(2)21-9-8-20-19(28(21,5)13-12-22(26)31)11-15-29(6)18(10-14-30(20,29)7)17-16-23(32)35-24(17)25(33)27(3,4)34/h8,17-19,21-25,31-34H,9-16H2,1-7H3. The topological polar surface area (TPSA) is 90.2 Å². The molecule has 1 saturated heterocycles. The Hall–Kier alpha value is -0.460. The van der Waals surface area contributed by atoms with Crippen molar-refractivity contribution in [2.24, 2.45) is 45.3 Å². The number of fused-ring (bicyclic) bond motifs is 5. The third-order valence-corrected chi connectivity index (χ3v) is 12.6. The summed E-state index contributed by atoms with van der Waals surface area (Å²) in [7, 11) is 0. The number of rotatable bonds is 3. The molecule has 11 atom stereocenters. The van der Waals surface area contributed by atoms with Crippen molar-refractivity contribution < 1.29 is 25.2 Å². The molecule has 0 aromatic heterocycles. The van der Waals surface area contributed by atoms with E-state index in [0.717, 1.165) is 38.5 Å². The molecule has 5 rings (SSSR count). The van der Waals surface area contributed by atoms with E-state index < -0.39 is 24.1 Å². The third-order valence-electron chi connectivity index (χ3n) is 12.6. The molecular formula is C30H50O5. The number of ether oxygens (including phenoxy) is 1. The number of aliphatic hydroxyl groups is 4. The number of hydrogen-bond donors (Lipinski definition) is 4. The molecule has 0 spiro atoms. The maximum absolute atomic E-state index is 11.0. The van der Waals surface area contributed by atoms with Crippen LogP contribution in [0.4, 0.5) is 0 Å². The molecule has 0 aromatic carbocycles. The van der Waals surface area contributed by atoms with Gasteiger partial charge in [-0.15, -0.1) is 0 Å². The van der Waals surface area contributed by atoms with Crippen LogP contribution in [0, 0.1) is 45.3 Å². The fourth-order valence-electron chi connectivity index (χ4n) is 10.2. The van der Waals surface area contributed by atoms with E-state index in [2.05, 4.69) is 40.7 Å². The summed E-state index contributed by atoms with van der Waals surface area (Å²) in [6.45, 7) is 15.3. The monoisotopic (exact) mass is 490 g/mol. The molecule has 0 radical (unpaired) electrons. The summed E-state index contributed by atoms with van der Waals surface area (Å²) in [4.78, 5) is 0. The third kappa shape index (κ3) is 3.51. The van der Waals surface area contributed by atoms with Gasteiger partial charge in [0, 0.05) is 6.42 Å². The molecule has 200 valence electrons. The maximum atomic E-state index is 11.0. The molecule has 5 heteroatoms. The van der Waals surface area contributed by atoms with Crippen molar-refractivity contribution in [3.8, 4) is 0 Å². The minimum atomic E-state index is -1.28. The molecule has 5 nitrogen and oxygen atoms in total. The highest BCUT2D eigenvalue weighted by molar-refractivity contribution is 5.33. The lowest BCUT2D eigenvalue weighted by Crippen LogP contribution is -2.58. The molecule has 0 bridgehead atoms. The van der Waals surface area contributed by atoms with Crippen LogP contribution in [0.2, 0.25) is 0 Å². The van der Waals surface area contributed by atoms with Gasteiger partial charge in [0.25, 0.3) is 0 Å². The summed E-state index contributed by atoms with van der Waals surface area (Å²) >= 11 is 0. The van der Waals surface area contributed by atoms with Crippen LogP contribution < -0.4 is 0 Å². The van der Waals surface area contributed by atoms with Gasteiger partial charge in [-0.25, -0.2) is 0 Å². The average molecular weight is 491 g/mol. The Morgan fingerprint density at radius 3 is 2.34 bits per heavy atom. The Bertz CT molecular complexity index is 874. The Morgan fingerprint density at radius 1 is 1.00 bits per heavy atom. The highest BCUT2D eigenvalue weighted by atomic mass is 16.6. The van der Waals surface area contributed by atoms with Crippen molar-refractivity contribution >= 4 is 0 Å². The normalized spacial score (nSPS) is 52.3. The van der Waals surface area contributed by atoms with Crippen molar-refractivity contribution in [3.63, 3.8) is 0 Å². The first-order chi connectivity index (χ1) is 16.1. The first-order valence-electron chi connectivity index (χ1n) is 14.2. The van der Waals surface area contributed by atoms with Crippen LogP contribution in [0.15, 0.2) is 11.6 Å². The Kier molecular flexibility index (Phi) is 6.00. The smallest absolute Gasteiger partial charge is 0.155 e. The zero-order chi connectivity index (χ0) is 25.8. The molecule has 1 heterocycles. The molecule has 4 aliphatic carbocycles. The second-order valence-electron chi connectivity index (χ2n) is 14.9. The zero-order valence-corrected chi connectivity index (χ0v) is 23.1. The molecule has 35 heavy (non-hydrogen) atoms. The second-order valence-corrected chi connectivity index (χ2v) is 14.9. The minimum Gasteiger partial charge on any atom is -0.393 e. The summed E-state index contributed by atoms with van der Waals surface area (Å²) in [6, 6.07) is 0. The first kappa shape index (κ1) is 26.2. The molecule has 4 fully saturated rings. The molecular weight excluding hydrogens is 440 g/mol. The van der Waals surface area contributed by atoms with Crippen molar-refractivity contribution in [1.82, 2.24) is 0 Å². The van der Waals surface area contributed by atoms with E-state index >= 15 is 0 Å². The van der Waals surface area contributed by atoms with Crippen LogP contribution in [0.3, 0.4) is 0 Å². The predicted molar refractivity (Wildman–Crippen MR) is 136 cm³/mol. The quantitative estimate of drug-likeness (QED) is 0.427. The van der Waals surface area contributed by atoms with E-state index in [0.29, 0.717) is 24.2 Å². The maximum Gasteiger partial charge on any atom is 0.155 e. The van der Waals surface area contributed by atoms with Crippen LogP contribution in [-0.2, 0) is 4.74 Å². The van der Waals surface area contributed by atoms with Crippen molar-refractivity contribution in [3.05, 3.63) is 11.6 Å². The van der Waals surface area contributed by atoms with E-state index in [1.807, 2.05) is 0 Å². The van der Waals surface area contributed by atoms with E-state index in [4.69, 9.17) is 4.74 Å². The SMILES string of the molecule is CC(C)(O)C(O)C1OC(O)CC1C1CCC2(C)C3=CCC4C(C)(C)C(O)CCC4(C)C3CCC12C. The van der Waals surface area contributed by atoms with Gasteiger partial charge in [-0.2, -0.15) is 0 Å². The molecule has 3 saturated carbocycles. The van der Waals surface area contributed by atoms with Crippen molar-refractivity contribution in [2.75, 3.05) is 0 Å². The van der Waals surface area contributed by atoms with Crippen LogP contribution in [0.5, 0.6) is 0 Å². The lowest BCUT2D eigenvalue weighted by molar-refractivity contribution is -0.171. The lowest BCUT2D eigenvalue weighted by Gasteiger charge is -2.64. The van der Waals surface area contributed by atoms with Crippen LogP contribution >= 0.6 is 0 Å². The lowest BCUT2D eigenvalue weighted by atomic mass is 9.41. The summed E-state index contributed by atoms with van der Waals surface area (Å²) in [6.07, 6.45) is 7.98. The van der Waals surface area contributed by atoms with Gasteiger partial charge in [-0.3, -0.25) is 0 Å². The van der Waals surface area contributed by atoms with Gasteiger partial charge in [0.2, 0.25) is 0 Å². The minimum absolute atomic E-state index is 0.0334. The average Bonchev–Trinajstić information content (AvgIpc) is 3.26. The van der Waals surface area contributed by atoms with Gasteiger partial charge in [-0.05, 0) is 104 Å². The predicted octanol–water partition coefficient (Wildman–Crippen LogP) is 4.81. The van der Waals surface area contributed by atoms with E-state index in [-0.39, 0.29) is 33.7 Å². The van der Waals surface area contributed by atoms with E-state index in [9.17, 15) is 20.4 Å². The van der Waals surface area contributed by atoms with E-state index in [1.54, 1.807) is 19.4 Å². The fraction of sp³-hybridized carbons (Fsp3) is 0.933. The Balaban J connectivity index is 1.48. The summed E-state index contributed by atoms with van der Waals surface area (Å²) < 4.78 is 5.87. The molecule has 11 unspecified atom stereocenters. The largest absolute Gasteiger partial charge is 0.393 e. The first-order valence-corrected chi connectivity index (χ1v) is 14.2. The highest BCUT2D eigenvalue weighted by Crippen LogP contribution is 2.73. The van der Waals surface area contributed by atoms with Gasteiger partial charge in [0.15, 0.2) is 6.29 Å². The summed E-state index contributed by atoms with van der Waals surface area (Å²) in [5.41, 5.74) is 0.693. The van der Waals surface area contributed by atoms with Crippen LogP contribution in [-0.4, -0.2) is 50.6 Å². The van der Waals surface area contributed by atoms with Gasteiger partial charge in [0.05, 0.1) is 17.8 Å². The van der Waals surface area contributed by atoms with Crippen molar-refractivity contribution in [1.29, 1.82) is 0 Å². The summed E-state index contributed by atoms with van der Waals surface area (Å²) in [5.74, 6) is 1.44. The van der Waals surface area contributed by atoms with Crippen molar-refractivity contribution in [2.45, 2.75) is 130 Å². The molecule has 5 aliphatic rings. The van der Waals surface area contributed by atoms with Crippen LogP contribution in [0.1, 0.15) is 99.8 Å². The van der Waals surface area contributed by atoms with Gasteiger partial charge < -0.3 is 25.2 Å². The number of hydrogen-bond acceptors (Lipinski definition) is 5. The number of aliphatic hydroxyl groups excluding tert-OH is 3. The van der Waals surface area contributed by atoms with E-state index in [1.165, 1.54) is 6.42 Å². The van der Waals surface area contributed by atoms with Gasteiger partial charge >= 0.3 is 0 Å². The Morgan fingerprint density at radius 2 is 1.69 bits per heavy atom. The Labute approximate surface area is 212 Å². The number of allylic oxidation sites excluding steroid dienone is 2. The molecule has 1 aliphatic heterocycles. The zero-order valence-electron chi connectivity index (χ0n) is 23.1. The highest BCUT2D eigenvalue weighted by Gasteiger charge is 2.67. The molecule has 0 amide bonds. The molecule has 0 aromatic rings.